The average Bonchev–Trinajstić information content (AvgIpc) is 3.04. The molecule has 0 unspecified atom stereocenters. The van der Waals surface area contributed by atoms with Gasteiger partial charge in [-0.05, 0) is 59.7 Å². The minimum absolute atomic E-state index is 0.133. The molecule has 6 nitrogen and oxygen atoms in total. The maximum atomic E-state index is 5.89. The molecular formula is C31H34B2N2O4. The number of benzene rings is 4. The van der Waals surface area contributed by atoms with Crippen LogP contribution in [0, 0.1) is 0 Å². The fourth-order valence-corrected chi connectivity index (χ4v) is 4.80. The first-order valence-electron chi connectivity index (χ1n) is 13.6. The van der Waals surface area contributed by atoms with Crippen molar-refractivity contribution in [2.75, 3.05) is 23.7 Å². The Morgan fingerprint density at radius 3 is 1.74 bits per heavy atom. The lowest BCUT2D eigenvalue weighted by atomic mass is 9.70. The van der Waals surface area contributed by atoms with Crippen molar-refractivity contribution in [1.82, 2.24) is 0 Å². The van der Waals surface area contributed by atoms with E-state index in [1.807, 2.05) is 74.5 Å². The molecule has 2 aliphatic heterocycles. The van der Waals surface area contributed by atoms with Gasteiger partial charge in [-0.1, -0.05) is 78.9 Å². The average molecular weight is 520 g/mol. The number of hydrogen-bond donors (Lipinski definition) is 2. The zero-order valence-electron chi connectivity index (χ0n) is 22.6. The highest BCUT2D eigenvalue weighted by atomic mass is 16.5. The Balaban J connectivity index is 0.000000158. The molecule has 0 radical (unpaired) electrons. The van der Waals surface area contributed by atoms with Gasteiger partial charge in [-0.2, -0.15) is 0 Å². The maximum absolute atomic E-state index is 5.89. The lowest BCUT2D eigenvalue weighted by molar-refractivity contribution is 0.108. The minimum atomic E-state index is -0.140. The smallest absolute Gasteiger partial charge is 0.449 e. The summed E-state index contributed by atoms with van der Waals surface area (Å²) in [6, 6.07) is 32.6. The summed E-state index contributed by atoms with van der Waals surface area (Å²) in [6.07, 6.45) is 0. The van der Waals surface area contributed by atoms with Gasteiger partial charge in [0, 0.05) is 18.9 Å². The second kappa shape index (κ2) is 13.4. The third-order valence-electron chi connectivity index (χ3n) is 6.72. The number of nitrogens with one attached hydrogen (secondary N) is 2. The first-order chi connectivity index (χ1) is 19.3. The molecule has 39 heavy (non-hydrogen) atoms. The number of para-hydroxylation sites is 3. The molecule has 0 saturated heterocycles. The van der Waals surface area contributed by atoms with Gasteiger partial charge in [0.2, 0.25) is 0 Å². The van der Waals surface area contributed by atoms with Crippen molar-refractivity contribution in [2.24, 2.45) is 0 Å². The third kappa shape index (κ3) is 6.66. The SMILES string of the molecule is CCOB1Nc2ccccc2COCc2ccccc21.CCOB1Nc2ccccc2OCc2ccccc21. The molecule has 0 atom stereocenters. The summed E-state index contributed by atoms with van der Waals surface area (Å²) >= 11 is 0. The Morgan fingerprint density at radius 2 is 1.08 bits per heavy atom. The molecule has 0 amide bonds. The topological polar surface area (TPSA) is 61.0 Å². The largest absolute Gasteiger partial charge is 0.487 e. The second-order valence-electron chi connectivity index (χ2n) is 9.29. The fourth-order valence-electron chi connectivity index (χ4n) is 4.80. The van der Waals surface area contributed by atoms with E-state index in [-0.39, 0.29) is 14.1 Å². The van der Waals surface area contributed by atoms with Crippen LogP contribution >= 0.6 is 0 Å². The number of fused-ring (bicyclic) bond motifs is 4. The van der Waals surface area contributed by atoms with Crippen molar-refractivity contribution in [3.8, 4) is 5.75 Å². The predicted molar refractivity (Wildman–Crippen MR) is 160 cm³/mol. The zero-order valence-corrected chi connectivity index (χ0v) is 22.6. The molecule has 0 fully saturated rings. The standard InChI is InChI=1S/C16H18BNO2.C15H16BNO2/c1-2-20-17-15-9-5-3-7-13(15)11-19-12-14-8-4-6-10-16(14)18-17;1-2-19-16-13-8-4-3-7-12(13)11-18-15-10-6-5-9-14(15)17-16/h3-10,18H,2,11-12H2,1H3;3-10,17H,2,11H2,1H3. The van der Waals surface area contributed by atoms with Crippen LogP contribution in [0.15, 0.2) is 97.1 Å². The van der Waals surface area contributed by atoms with Gasteiger partial charge in [0.25, 0.3) is 0 Å². The van der Waals surface area contributed by atoms with E-state index in [2.05, 4.69) is 46.9 Å². The molecule has 6 rings (SSSR count). The van der Waals surface area contributed by atoms with E-state index in [0.29, 0.717) is 33.0 Å². The molecule has 4 aromatic rings. The van der Waals surface area contributed by atoms with Crippen molar-refractivity contribution >= 4 is 36.4 Å². The molecule has 0 saturated carbocycles. The molecule has 0 spiro atoms. The Kier molecular flexibility index (Phi) is 9.22. The van der Waals surface area contributed by atoms with Crippen molar-refractivity contribution in [3.63, 3.8) is 0 Å². The van der Waals surface area contributed by atoms with E-state index in [1.54, 1.807) is 0 Å². The monoisotopic (exact) mass is 520 g/mol. The van der Waals surface area contributed by atoms with Crippen molar-refractivity contribution in [1.29, 1.82) is 0 Å². The second-order valence-corrected chi connectivity index (χ2v) is 9.29. The van der Waals surface area contributed by atoms with Crippen LogP contribution in [-0.2, 0) is 33.9 Å². The minimum Gasteiger partial charge on any atom is -0.487 e. The van der Waals surface area contributed by atoms with Crippen LogP contribution in [0.2, 0.25) is 0 Å². The molecule has 2 aliphatic rings. The normalized spacial score (nSPS) is 13.9. The fraction of sp³-hybridized carbons (Fsp3) is 0.226. The number of ether oxygens (including phenoxy) is 2. The van der Waals surface area contributed by atoms with Crippen molar-refractivity contribution < 1.29 is 18.8 Å². The van der Waals surface area contributed by atoms with E-state index >= 15 is 0 Å². The Labute approximate surface area is 231 Å². The van der Waals surface area contributed by atoms with Crippen LogP contribution in [0.1, 0.15) is 30.5 Å². The van der Waals surface area contributed by atoms with Crippen LogP contribution in [0.4, 0.5) is 11.4 Å². The van der Waals surface area contributed by atoms with Gasteiger partial charge in [-0.3, -0.25) is 0 Å². The van der Waals surface area contributed by atoms with E-state index < -0.39 is 0 Å². The molecule has 0 aromatic heterocycles. The van der Waals surface area contributed by atoms with Gasteiger partial charge in [0.1, 0.15) is 12.4 Å². The molecule has 0 bridgehead atoms. The summed E-state index contributed by atoms with van der Waals surface area (Å²) in [4.78, 5) is 0. The van der Waals surface area contributed by atoms with E-state index in [0.717, 1.165) is 39.2 Å². The molecular weight excluding hydrogens is 486 g/mol. The molecule has 4 aromatic carbocycles. The Bertz CT molecular complexity index is 1370. The van der Waals surface area contributed by atoms with Gasteiger partial charge in [0.15, 0.2) is 0 Å². The maximum Gasteiger partial charge on any atom is 0.449 e. The summed E-state index contributed by atoms with van der Waals surface area (Å²) in [5.74, 6) is 0.863. The molecule has 198 valence electrons. The molecule has 2 N–H and O–H groups in total. The van der Waals surface area contributed by atoms with Crippen LogP contribution < -0.4 is 26.1 Å². The summed E-state index contributed by atoms with van der Waals surface area (Å²) in [5.41, 5.74) is 7.81. The Hall–Kier alpha value is -3.71. The molecule has 8 heteroatoms. The van der Waals surface area contributed by atoms with Gasteiger partial charge in [-0.25, -0.2) is 0 Å². The number of anilines is 2. The quantitative estimate of drug-likeness (QED) is 0.371. The van der Waals surface area contributed by atoms with Gasteiger partial charge in [0.05, 0.1) is 18.9 Å². The van der Waals surface area contributed by atoms with E-state index in [1.165, 1.54) is 5.56 Å². The third-order valence-corrected chi connectivity index (χ3v) is 6.72. The highest BCUT2D eigenvalue weighted by Crippen LogP contribution is 2.26. The highest BCUT2D eigenvalue weighted by Gasteiger charge is 2.26. The predicted octanol–water partition coefficient (Wildman–Crippen LogP) is 4.98. The van der Waals surface area contributed by atoms with Crippen LogP contribution in [0.25, 0.3) is 0 Å². The van der Waals surface area contributed by atoms with E-state index in [9.17, 15) is 0 Å². The van der Waals surface area contributed by atoms with Crippen LogP contribution in [-0.4, -0.2) is 27.3 Å². The van der Waals surface area contributed by atoms with Gasteiger partial charge < -0.3 is 29.2 Å². The van der Waals surface area contributed by atoms with Crippen molar-refractivity contribution in [3.05, 3.63) is 114 Å². The van der Waals surface area contributed by atoms with Crippen LogP contribution in [0.3, 0.4) is 0 Å². The van der Waals surface area contributed by atoms with Gasteiger partial charge in [-0.15, -0.1) is 0 Å². The first kappa shape index (κ1) is 26.9. The first-order valence-corrected chi connectivity index (χ1v) is 13.6. The summed E-state index contributed by atoms with van der Waals surface area (Å²) in [6.45, 7) is 7.12. The lowest BCUT2D eigenvalue weighted by Crippen LogP contribution is -2.44. The molecule has 0 aliphatic carbocycles. The van der Waals surface area contributed by atoms with E-state index in [4.69, 9.17) is 18.8 Å². The number of hydrogen-bond acceptors (Lipinski definition) is 6. The van der Waals surface area contributed by atoms with Gasteiger partial charge >= 0.3 is 14.1 Å². The number of rotatable bonds is 4. The highest BCUT2D eigenvalue weighted by molar-refractivity contribution is 6.71. The van der Waals surface area contributed by atoms with Crippen LogP contribution in [0.5, 0.6) is 5.75 Å². The summed E-state index contributed by atoms with van der Waals surface area (Å²) in [7, 11) is -0.273. The lowest BCUT2D eigenvalue weighted by Gasteiger charge is -2.24. The zero-order chi connectivity index (χ0) is 26.9. The Morgan fingerprint density at radius 1 is 0.590 bits per heavy atom. The summed E-state index contributed by atoms with van der Waals surface area (Å²) < 4.78 is 23.4. The molecule has 2 heterocycles. The van der Waals surface area contributed by atoms with Crippen molar-refractivity contribution in [2.45, 2.75) is 33.7 Å². The summed E-state index contributed by atoms with van der Waals surface area (Å²) in [5, 5.41) is 6.90.